The van der Waals surface area contributed by atoms with E-state index in [1.807, 2.05) is 6.21 Å². The number of rotatable bonds is 22. The van der Waals surface area contributed by atoms with Crippen LogP contribution in [0.15, 0.2) is 40.3 Å². The Morgan fingerprint density at radius 2 is 1.05 bits per heavy atom. The first-order chi connectivity index (χ1) is 20.1. The van der Waals surface area contributed by atoms with Gasteiger partial charge in [0.2, 0.25) is 0 Å². The van der Waals surface area contributed by atoms with Gasteiger partial charge in [-0.2, -0.15) is 0 Å². The van der Waals surface area contributed by atoms with Crippen LogP contribution in [-0.2, 0) is 32.1 Å². The summed E-state index contributed by atoms with van der Waals surface area (Å²) in [4.78, 5) is 9.90. The van der Waals surface area contributed by atoms with Crippen LogP contribution in [0.5, 0.6) is 0 Å². The lowest BCUT2D eigenvalue weighted by Crippen LogP contribution is -2.02. The van der Waals surface area contributed by atoms with Crippen LogP contribution >= 0.6 is 0 Å². The third kappa shape index (κ3) is 13.5. The van der Waals surface area contributed by atoms with Gasteiger partial charge in [0.25, 0.3) is 0 Å². The Labute approximate surface area is 254 Å². The van der Waals surface area contributed by atoms with Gasteiger partial charge in [0, 0.05) is 6.21 Å². The van der Waals surface area contributed by atoms with Crippen LogP contribution in [0.25, 0.3) is 0 Å². The predicted molar refractivity (Wildman–Crippen MR) is 185 cm³/mol. The Bertz CT molecular complexity index is 1050. The van der Waals surface area contributed by atoms with E-state index in [2.05, 4.69) is 71.9 Å². The molecule has 0 aliphatic heterocycles. The molecule has 0 N–H and O–H groups in total. The van der Waals surface area contributed by atoms with Crippen LogP contribution in [-0.4, -0.2) is 11.9 Å². The molecule has 41 heavy (non-hydrogen) atoms. The number of aliphatic imine (C=N–C) groups is 2. The van der Waals surface area contributed by atoms with Gasteiger partial charge >= 0.3 is 0 Å². The minimum atomic E-state index is 0.969. The summed E-state index contributed by atoms with van der Waals surface area (Å²) in [5.74, 6) is 0. The third-order valence-corrected chi connectivity index (χ3v) is 8.46. The van der Waals surface area contributed by atoms with E-state index in [1.165, 1.54) is 119 Å². The van der Waals surface area contributed by atoms with E-state index in [0.717, 1.165) is 36.3 Å². The van der Waals surface area contributed by atoms with Gasteiger partial charge in [-0.25, -0.2) is 0 Å². The molecule has 0 fully saturated rings. The van der Waals surface area contributed by atoms with Gasteiger partial charge in [-0.3, -0.25) is 9.98 Å². The largest absolute Gasteiger partial charge is 0.255 e. The van der Waals surface area contributed by atoms with Crippen LogP contribution in [0.2, 0.25) is 0 Å². The molecule has 0 spiro atoms. The fourth-order valence-electron chi connectivity index (χ4n) is 5.94. The number of nitrogens with zero attached hydrogens (tertiary/aromatic N) is 2. The summed E-state index contributed by atoms with van der Waals surface area (Å²) in [7, 11) is 0. The number of aryl methyl sites for hydroxylation is 4. The van der Waals surface area contributed by atoms with Gasteiger partial charge in [0.15, 0.2) is 0 Å². The molecule has 2 heteroatoms. The van der Waals surface area contributed by atoms with E-state index >= 15 is 0 Å². The van der Waals surface area contributed by atoms with Crippen molar-refractivity contribution in [2.75, 3.05) is 0 Å². The highest BCUT2D eigenvalue weighted by Crippen LogP contribution is 2.28. The second-order valence-electron chi connectivity index (χ2n) is 12.1. The maximum atomic E-state index is 5.05. The van der Waals surface area contributed by atoms with Gasteiger partial charge in [-0.1, -0.05) is 111 Å². The van der Waals surface area contributed by atoms with E-state index in [0.29, 0.717) is 0 Å². The smallest absolute Gasteiger partial charge is 0.0639 e. The van der Waals surface area contributed by atoms with Gasteiger partial charge in [-0.05, 0) is 110 Å². The molecule has 2 aromatic carbocycles. The molecule has 2 aromatic rings. The Morgan fingerprint density at radius 1 is 0.537 bits per heavy atom. The van der Waals surface area contributed by atoms with Crippen molar-refractivity contribution >= 4 is 23.3 Å². The second kappa shape index (κ2) is 21.5. The summed E-state index contributed by atoms with van der Waals surface area (Å²) < 4.78 is 0. The van der Waals surface area contributed by atoms with Gasteiger partial charge in [0.05, 0.1) is 17.1 Å². The summed E-state index contributed by atoms with van der Waals surface area (Å²) in [5.41, 5.74) is 10.7. The van der Waals surface area contributed by atoms with Crippen molar-refractivity contribution in [1.82, 2.24) is 0 Å². The average molecular weight is 559 g/mol. The summed E-state index contributed by atoms with van der Waals surface area (Å²) in [6, 6.07) is 11.5. The van der Waals surface area contributed by atoms with Crippen LogP contribution in [0.4, 0.5) is 11.4 Å². The molecule has 0 aliphatic rings. The standard InChI is InChI=1S/C39H62N2/c1-7-12-15-18-19-22-25-39-34(11-5)28-38(30-36(39)24-21-17-14-9-3)41-32(6)31-40-37-27-26-33(10-4)35(29-37)23-20-16-13-8-2/h26-31H,7-25H2,1-6H3. The molecule has 0 atom stereocenters. The van der Waals surface area contributed by atoms with Crippen LogP contribution < -0.4 is 0 Å². The molecule has 228 valence electrons. The summed E-state index contributed by atoms with van der Waals surface area (Å²) >= 11 is 0. The van der Waals surface area contributed by atoms with Crippen molar-refractivity contribution in [2.24, 2.45) is 9.98 Å². The van der Waals surface area contributed by atoms with E-state index < -0.39 is 0 Å². The molecular weight excluding hydrogens is 496 g/mol. The first-order valence-electron chi connectivity index (χ1n) is 17.4. The molecule has 0 saturated carbocycles. The SMILES string of the molecule is CCCCCCCCc1c(CC)cc(N=C(C)C=Nc2ccc(CC)c(CCCCCC)c2)cc1CCCCCC. The zero-order valence-corrected chi connectivity index (χ0v) is 27.8. The monoisotopic (exact) mass is 558 g/mol. The van der Waals surface area contributed by atoms with Crippen molar-refractivity contribution in [3.63, 3.8) is 0 Å². The highest BCUT2D eigenvalue weighted by Gasteiger charge is 2.11. The van der Waals surface area contributed by atoms with Gasteiger partial charge in [0.1, 0.15) is 0 Å². The molecule has 0 unspecified atom stereocenters. The molecule has 0 bridgehead atoms. The zero-order chi connectivity index (χ0) is 29.7. The lowest BCUT2D eigenvalue weighted by molar-refractivity contribution is 0.604. The first-order valence-corrected chi connectivity index (χ1v) is 17.4. The Kier molecular flexibility index (Phi) is 18.3. The van der Waals surface area contributed by atoms with Crippen LogP contribution in [0.3, 0.4) is 0 Å². The lowest BCUT2D eigenvalue weighted by atomic mass is 9.90. The van der Waals surface area contributed by atoms with E-state index in [1.54, 1.807) is 11.1 Å². The fourth-order valence-corrected chi connectivity index (χ4v) is 5.94. The molecule has 0 aromatic heterocycles. The summed E-state index contributed by atoms with van der Waals surface area (Å²) in [6.45, 7) is 13.5. The molecule has 0 heterocycles. The Hall–Kier alpha value is -2.22. The van der Waals surface area contributed by atoms with Crippen molar-refractivity contribution in [1.29, 1.82) is 0 Å². The maximum Gasteiger partial charge on any atom is 0.0639 e. The van der Waals surface area contributed by atoms with Crippen molar-refractivity contribution < 1.29 is 0 Å². The number of hydrogen-bond acceptors (Lipinski definition) is 2. The number of unbranched alkanes of at least 4 members (excludes halogenated alkanes) is 11. The zero-order valence-electron chi connectivity index (χ0n) is 27.8. The Morgan fingerprint density at radius 3 is 1.68 bits per heavy atom. The number of benzene rings is 2. The molecule has 0 saturated heterocycles. The highest BCUT2D eigenvalue weighted by atomic mass is 14.8. The molecule has 0 radical (unpaired) electrons. The van der Waals surface area contributed by atoms with E-state index in [4.69, 9.17) is 9.98 Å². The van der Waals surface area contributed by atoms with Crippen LogP contribution in [0.1, 0.15) is 159 Å². The van der Waals surface area contributed by atoms with Crippen molar-refractivity contribution in [2.45, 2.75) is 164 Å². The molecular formula is C39H62N2. The van der Waals surface area contributed by atoms with Crippen molar-refractivity contribution in [3.8, 4) is 0 Å². The van der Waals surface area contributed by atoms with Gasteiger partial charge < -0.3 is 0 Å². The molecule has 2 nitrogen and oxygen atoms in total. The van der Waals surface area contributed by atoms with Crippen molar-refractivity contribution in [3.05, 3.63) is 58.1 Å². The Balaban J connectivity index is 2.20. The molecule has 0 amide bonds. The fraction of sp³-hybridized carbons (Fsp3) is 0.641. The summed E-state index contributed by atoms with van der Waals surface area (Å²) in [6.07, 6.45) is 26.2. The maximum absolute atomic E-state index is 5.05. The first kappa shape index (κ1) is 35.0. The average Bonchev–Trinajstić information content (AvgIpc) is 2.98. The van der Waals surface area contributed by atoms with E-state index in [9.17, 15) is 0 Å². The quantitative estimate of drug-likeness (QED) is 0.101. The minimum Gasteiger partial charge on any atom is -0.255 e. The van der Waals surface area contributed by atoms with Crippen LogP contribution in [0, 0.1) is 0 Å². The predicted octanol–water partition coefficient (Wildman–Crippen LogP) is 12.5. The minimum absolute atomic E-state index is 0.969. The van der Waals surface area contributed by atoms with Gasteiger partial charge in [-0.15, -0.1) is 0 Å². The summed E-state index contributed by atoms with van der Waals surface area (Å²) in [5, 5.41) is 0. The van der Waals surface area contributed by atoms with E-state index in [-0.39, 0.29) is 0 Å². The topological polar surface area (TPSA) is 24.7 Å². The third-order valence-electron chi connectivity index (χ3n) is 8.46. The second-order valence-corrected chi connectivity index (χ2v) is 12.1. The molecule has 2 rings (SSSR count). The molecule has 0 aliphatic carbocycles. The highest BCUT2D eigenvalue weighted by molar-refractivity contribution is 6.30. The number of hydrogen-bond donors (Lipinski definition) is 0. The lowest BCUT2D eigenvalue weighted by Gasteiger charge is -2.16. The normalized spacial score (nSPS) is 12.1.